The highest BCUT2D eigenvalue weighted by atomic mass is 15.1. The third-order valence-corrected chi connectivity index (χ3v) is 3.50. The van der Waals surface area contributed by atoms with E-state index in [0.717, 1.165) is 11.8 Å². The van der Waals surface area contributed by atoms with E-state index in [9.17, 15) is 0 Å². The molecule has 0 aliphatic carbocycles. The van der Waals surface area contributed by atoms with Crippen molar-refractivity contribution in [2.45, 2.75) is 47.0 Å². The predicted octanol–water partition coefficient (Wildman–Crippen LogP) is 3.40. The van der Waals surface area contributed by atoms with Crippen LogP contribution in [0.2, 0.25) is 0 Å². The SMILES string of the molecule is CC(CC(C)(C)C)C1CCN(C)CC1. The van der Waals surface area contributed by atoms with Gasteiger partial charge in [0.25, 0.3) is 0 Å². The second-order valence-corrected chi connectivity index (χ2v) is 6.38. The van der Waals surface area contributed by atoms with Crippen molar-refractivity contribution in [2.24, 2.45) is 17.3 Å². The van der Waals surface area contributed by atoms with Gasteiger partial charge in [0.1, 0.15) is 0 Å². The Morgan fingerprint density at radius 1 is 1.21 bits per heavy atom. The van der Waals surface area contributed by atoms with Gasteiger partial charge in [0.05, 0.1) is 0 Å². The zero-order chi connectivity index (χ0) is 10.8. The lowest BCUT2D eigenvalue weighted by molar-refractivity contribution is 0.148. The fourth-order valence-corrected chi connectivity index (χ4v) is 2.73. The summed E-state index contributed by atoms with van der Waals surface area (Å²) in [4.78, 5) is 2.46. The fourth-order valence-electron chi connectivity index (χ4n) is 2.73. The van der Waals surface area contributed by atoms with Gasteiger partial charge in [-0.3, -0.25) is 0 Å². The lowest BCUT2D eigenvalue weighted by Gasteiger charge is -2.35. The number of piperidine rings is 1. The monoisotopic (exact) mass is 197 g/mol. The van der Waals surface area contributed by atoms with Gasteiger partial charge in [0.2, 0.25) is 0 Å². The smallest absolute Gasteiger partial charge is 0.00190 e. The van der Waals surface area contributed by atoms with E-state index in [4.69, 9.17) is 0 Å². The molecule has 1 fully saturated rings. The fraction of sp³-hybridized carbons (Fsp3) is 1.00. The van der Waals surface area contributed by atoms with E-state index in [1.165, 1.54) is 32.4 Å². The Kier molecular flexibility index (Phi) is 4.00. The van der Waals surface area contributed by atoms with E-state index in [2.05, 4.69) is 39.6 Å². The number of nitrogens with zero attached hydrogens (tertiary/aromatic N) is 1. The Hall–Kier alpha value is -0.0400. The second kappa shape index (κ2) is 4.65. The molecular formula is C13H27N. The Labute approximate surface area is 89.9 Å². The van der Waals surface area contributed by atoms with E-state index < -0.39 is 0 Å². The zero-order valence-corrected chi connectivity index (χ0v) is 10.6. The highest BCUT2D eigenvalue weighted by Crippen LogP contribution is 2.33. The number of rotatable bonds is 2. The maximum atomic E-state index is 2.46. The minimum Gasteiger partial charge on any atom is -0.306 e. The quantitative estimate of drug-likeness (QED) is 0.656. The molecule has 1 rings (SSSR count). The molecule has 14 heavy (non-hydrogen) atoms. The molecule has 0 aromatic rings. The molecule has 1 unspecified atom stereocenters. The first-order valence-corrected chi connectivity index (χ1v) is 6.07. The first kappa shape index (κ1) is 12.0. The van der Waals surface area contributed by atoms with Gasteiger partial charge in [0, 0.05) is 0 Å². The minimum atomic E-state index is 0.503. The standard InChI is InChI=1S/C13H27N/c1-11(10-13(2,3)4)12-6-8-14(5)9-7-12/h11-12H,6-10H2,1-5H3. The van der Waals surface area contributed by atoms with Crippen molar-refractivity contribution in [3.05, 3.63) is 0 Å². The molecular weight excluding hydrogens is 170 g/mol. The van der Waals surface area contributed by atoms with Crippen LogP contribution < -0.4 is 0 Å². The van der Waals surface area contributed by atoms with Crippen LogP contribution in [0.1, 0.15) is 47.0 Å². The maximum Gasteiger partial charge on any atom is -0.00190 e. The summed E-state index contributed by atoms with van der Waals surface area (Å²) in [5.74, 6) is 1.88. The molecule has 0 aromatic heterocycles. The van der Waals surface area contributed by atoms with Gasteiger partial charge < -0.3 is 4.90 Å². The van der Waals surface area contributed by atoms with Gasteiger partial charge in [-0.1, -0.05) is 27.7 Å². The van der Waals surface area contributed by atoms with Crippen molar-refractivity contribution in [3.8, 4) is 0 Å². The lowest BCUT2D eigenvalue weighted by atomic mass is 9.76. The molecule has 1 saturated heterocycles. The van der Waals surface area contributed by atoms with E-state index in [1.54, 1.807) is 0 Å². The van der Waals surface area contributed by atoms with Crippen LogP contribution in [-0.2, 0) is 0 Å². The van der Waals surface area contributed by atoms with E-state index in [0.29, 0.717) is 5.41 Å². The molecule has 1 atom stereocenters. The largest absolute Gasteiger partial charge is 0.306 e. The minimum absolute atomic E-state index is 0.503. The molecule has 1 nitrogen and oxygen atoms in total. The summed E-state index contributed by atoms with van der Waals surface area (Å²) in [6.07, 6.45) is 4.20. The molecule has 1 aliphatic rings. The number of hydrogen-bond donors (Lipinski definition) is 0. The first-order chi connectivity index (χ1) is 6.38. The van der Waals surface area contributed by atoms with Crippen LogP contribution in [0, 0.1) is 17.3 Å². The summed E-state index contributed by atoms with van der Waals surface area (Å²) in [6.45, 7) is 12.1. The van der Waals surface area contributed by atoms with Gasteiger partial charge in [-0.25, -0.2) is 0 Å². The van der Waals surface area contributed by atoms with Crippen molar-refractivity contribution >= 4 is 0 Å². The summed E-state index contributed by atoms with van der Waals surface area (Å²) in [6, 6.07) is 0. The topological polar surface area (TPSA) is 3.24 Å². The molecule has 1 heteroatoms. The van der Waals surface area contributed by atoms with Crippen molar-refractivity contribution in [1.82, 2.24) is 4.90 Å². The van der Waals surface area contributed by atoms with Crippen molar-refractivity contribution < 1.29 is 0 Å². The van der Waals surface area contributed by atoms with Crippen LogP contribution >= 0.6 is 0 Å². The van der Waals surface area contributed by atoms with Crippen LogP contribution in [0.4, 0.5) is 0 Å². The highest BCUT2D eigenvalue weighted by Gasteiger charge is 2.25. The van der Waals surface area contributed by atoms with Crippen LogP contribution in [0.5, 0.6) is 0 Å². The zero-order valence-electron chi connectivity index (χ0n) is 10.6. The molecule has 84 valence electrons. The maximum absolute atomic E-state index is 2.46. The molecule has 0 radical (unpaired) electrons. The Morgan fingerprint density at radius 2 is 1.71 bits per heavy atom. The van der Waals surface area contributed by atoms with Gasteiger partial charge in [-0.2, -0.15) is 0 Å². The summed E-state index contributed by atoms with van der Waals surface area (Å²) in [5, 5.41) is 0. The first-order valence-electron chi connectivity index (χ1n) is 6.07. The average Bonchev–Trinajstić information content (AvgIpc) is 2.02. The summed E-state index contributed by atoms with van der Waals surface area (Å²) in [5.41, 5.74) is 0.503. The summed E-state index contributed by atoms with van der Waals surface area (Å²) >= 11 is 0. The van der Waals surface area contributed by atoms with Crippen LogP contribution in [0.25, 0.3) is 0 Å². The third kappa shape index (κ3) is 4.00. The molecule has 0 N–H and O–H groups in total. The van der Waals surface area contributed by atoms with E-state index in [-0.39, 0.29) is 0 Å². The second-order valence-electron chi connectivity index (χ2n) is 6.38. The van der Waals surface area contributed by atoms with Gasteiger partial charge in [-0.05, 0) is 56.7 Å². The molecule has 1 aliphatic heterocycles. The highest BCUT2D eigenvalue weighted by molar-refractivity contribution is 4.77. The number of hydrogen-bond acceptors (Lipinski definition) is 1. The summed E-state index contributed by atoms with van der Waals surface area (Å²) < 4.78 is 0. The lowest BCUT2D eigenvalue weighted by Crippen LogP contribution is -2.33. The van der Waals surface area contributed by atoms with Crippen LogP contribution in [0.3, 0.4) is 0 Å². The molecule has 0 amide bonds. The normalized spacial score (nSPS) is 23.8. The predicted molar refractivity (Wildman–Crippen MR) is 63.5 cm³/mol. The van der Waals surface area contributed by atoms with Gasteiger partial charge >= 0.3 is 0 Å². The van der Waals surface area contributed by atoms with Crippen LogP contribution in [-0.4, -0.2) is 25.0 Å². The molecule has 0 saturated carbocycles. The Balaban J connectivity index is 2.34. The van der Waals surface area contributed by atoms with Crippen molar-refractivity contribution in [2.75, 3.05) is 20.1 Å². The van der Waals surface area contributed by atoms with Crippen molar-refractivity contribution in [1.29, 1.82) is 0 Å². The number of likely N-dealkylation sites (tertiary alicyclic amines) is 1. The van der Waals surface area contributed by atoms with Gasteiger partial charge in [0.15, 0.2) is 0 Å². The average molecular weight is 197 g/mol. The molecule has 1 heterocycles. The molecule has 0 bridgehead atoms. The van der Waals surface area contributed by atoms with E-state index in [1.807, 2.05) is 0 Å². The third-order valence-electron chi connectivity index (χ3n) is 3.50. The van der Waals surface area contributed by atoms with Crippen molar-refractivity contribution in [3.63, 3.8) is 0 Å². The summed E-state index contributed by atoms with van der Waals surface area (Å²) in [7, 11) is 2.24. The Morgan fingerprint density at radius 3 is 2.14 bits per heavy atom. The van der Waals surface area contributed by atoms with Gasteiger partial charge in [-0.15, -0.1) is 0 Å². The van der Waals surface area contributed by atoms with E-state index >= 15 is 0 Å². The van der Waals surface area contributed by atoms with Crippen LogP contribution in [0.15, 0.2) is 0 Å². The molecule has 0 aromatic carbocycles. The Bertz CT molecular complexity index is 161. The molecule has 0 spiro atoms.